The Morgan fingerprint density at radius 2 is 1.34 bits per heavy atom. The third-order valence-electron chi connectivity index (χ3n) is 4.70. The number of aromatic hydroxyl groups is 1. The van der Waals surface area contributed by atoms with Crippen molar-refractivity contribution in [2.45, 2.75) is 64.5 Å². The number of hydrogen-bond donors (Lipinski definition) is 2. The van der Waals surface area contributed by atoms with E-state index in [-0.39, 0.29) is 5.75 Å². The summed E-state index contributed by atoms with van der Waals surface area (Å²) in [7, 11) is 0. The van der Waals surface area contributed by atoms with Gasteiger partial charge in [0.2, 0.25) is 12.4 Å². The second kappa shape index (κ2) is 12.1. The molecule has 1 aliphatic heterocycles. The van der Waals surface area contributed by atoms with E-state index in [1.807, 2.05) is 0 Å². The second-order valence-electron chi connectivity index (χ2n) is 7.61. The van der Waals surface area contributed by atoms with Crippen molar-refractivity contribution in [2.75, 3.05) is 0 Å². The van der Waals surface area contributed by atoms with Gasteiger partial charge in [-0.1, -0.05) is 12.1 Å². The largest absolute Gasteiger partial charge is 0.508 e. The van der Waals surface area contributed by atoms with Crippen molar-refractivity contribution < 1.29 is 57.9 Å². The van der Waals surface area contributed by atoms with Crippen LogP contribution in [0, 0.1) is 0 Å². The molecule has 1 fully saturated rings. The van der Waals surface area contributed by atoms with Crippen LogP contribution in [0.1, 0.15) is 33.3 Å². The number of ether oxygens (including phenoxy) is 5. The molecule has 0 saturated carbocycles. The number of rotatable bonds is 8. The van der Waals surface area contributed by atoms with Crippen molar-refractivity contribution in [3.63, 3.8) is 0 Å². The summed E-state index contributed by atoms with van der Waals surface area (Å²) >= 11 is 0. The van der Waals surface area contributed by atoms with Gasteiger partial charge in [0, 0.05) is 26.8 Å². The first-order valence-corrected chi connectivity index (χ1v) is 10.4. The monoisotopic (exact) mass is 494 g/mol. The van der Waals surface area contributed by atoms with Gasteiger partial charge in [-0.05, 0) is 30.7 Å². The molecule has 2 N–H and O–H groups in total. The molecule has 12 nitrogen and oxygen atoms in total. The van der Waals surface area contributed by atoms with Crippen molar-refractivity contribution >= 4 is 35.7 Å². The summed E-state index contributed by atoms with van der Waals surface area (Å²) in [5.74, 6) is -4.35. The average molecular weight is 494 g/mol. The van der Waals surface area contributed by atoms with Gasteiger partial charge >= 0.3 is 23.9 Å². The molecule has 12 heteroatoms. The Morgan fingerprint density at radius 1 is 0.829 bits per heavy atom. The molecule has 0 bridgehead atoms. The number of esters is 4. The second-order valence-corrected chi connectivity index (χ2v) is 7.61. The predicted molar refractivity (Wildman–Crippen MR) is 115 cm³/mol. The molecule has 0 amide bonds. The lowest BCUT2D eigenvalue weighted by Crippen LogP contribution is -2.65. The van der Waals surface area contributed by atoms with Gasteiger partial charge in [0.15, 0.2) is 18.0 Å². The van der Waals surface area contributed by atoms with Gasteiger partial charge in [-0.25, -0.2) is 4.79 Å². The normalized spacial score (nSPS) is 24.8. The quantitative estimate of drug-likeness (QED) is 0.290. The third-order valence-corrected chi connectivity index (χ3v) is 4.70. The van der Waals surface area contributed by atoms with Crippen LogP contribution in [0.15, 0.2) is 30.3 Å². The fourth-order valence-electron chi connectivity index (χ4n) is 3.29. The van der Waals surface area contributed by atoms with E-state index in [4.69, 9.17) is 23.7 Å². The Kier molecular flexibility index (Phi) is 9.49. The highest BCUT2D eigenvalue weighted by Crippen LogP contribution is 2.31. The van der Waals surface area contributed by atoms with Gasteiger partial charge in [-0.2, -0.15) is 0 Å². The molecule has 1 unspecified atom stereocenters. The minimum absolute atomic E-state index is 0.0264. The van der Waals surface area contributed by atoms with Gasteiger partial charge < -0.3 is 33.9 Å². The van der Waals surface area contributed by atoms with Crippen LogP contribution in [-0.4, -0.2) is 76.7 Å². The van der Waals surface area contributed by atoms with Gasteiger partial charge in [0.25, 0.3) is 0 Å². The topological polar surface area (TPSA) is 172 Å². The first kappa shape index (κ1) is 27.5. The number of carbonyl (C=O) groups excluding carboxylic acids is 5. The molecule has 35 heavy (non-hydrogen) atoms. The van der Waals surface area contributed by atoms with Crippen molar-refractivity contribution in [3.05, 3.63) is 35.9 Å². The smallest absolute Gasteiger partial charge is 0.333 e. The Bertz CT molecular complexity index is 983. The summed E-state index contributed by atoms with van der Waals surface area (Å²) in [5.41, 5.74) is 0.540. The lowest BCUT2D eigenvalue weighted by Gasteiger charge is -2.44. The zero-order valence-electron chi connectivity index (χ0n) is 19.4. The van der Waals surface area contributed by atoms with Crippen molar-refractivity contribution in [3.8, 4) is 5.75 Å². The Hall–Kier alpha value is -3.77. The number of ketones is 1. The maximum Gasteiger partial charge on any atom is 0.333 e. The molecule has 1 saturated heterocycles. The summed E-state index contributed by atoms with van der Waals surface area (Å²) < 4.78 is 26.3. The van der Waals surface area contributed by atoms with Crippen molar-refractivity contribution in [1.82, 2.24) is 0 Å². The number of carbonyl (C=O) groups is 5. The first-order valence-electron chi connectivity index (χ1n) is 10.4. The van der Waals surface area contributed by atoms with Gasteiger partial charge in [-0.3, -0.25) is 19.2 Å². The molecule has 0 radical (unpaired) electrons. The van der Waals surface area contributed by atoms with Crippen LogP contribution in [0.2, 0.25) is 0 Å². The number of aliphatic hydroxyl groups is 1. The highest BCUT2D eigenvalue weighted by molar-refractivity contribution is 5.87. The molecule has 1 aliphatic rings. The van der Waals surface area contributed by atoms with Crippen LogP contribution < -0.4 is 0 Å². The Balaban J connectivity index is 2.41. The van der Waals surface area contributed by atoms with E-state index in [1.165, 1.54) is 30.3 Å². The van der Waals surface area contributed by atoms with Crippen LogP contribution in [-0.2, 0) is 47.7 Å². The van der Waals surface area contributed by atoms with E-state index in [1.54, 1.807) is 0 Å². The fraction of sp³-hybridized carbons (Fsp3) is 0.435. The SMILES string of the molecule is CC(=O)O[C@H]1[C@@H](OC(C)=O)[C@@H](C(O)C(C)=O)O[C@@H](OC(=O)/C=C/c2ccc(O)cc2)[C@@H]1OC(C)=O. The number of phenols is 1. The fourth-order valence-corrected chi connectivity index (χ4v) is 3.29. The third kappa shape index (κ3) is 7.90. The Morgan fingerprint density at radius 3 is 1.86 bits per heavy atom. The molecule has 1 aromatic carbocycles. The molecule has 2 rings (SSSR count). The number of aliphatic hydroxyl groups excluding tert-OH is 1. The first-order chi connectivity index (χ1) is 16.4. The molecule has 0 spiro atoms. The van der Waals surface area contributed by atoms with Crippen LogP contribution in [0.5, 0.6) is 5.75 Å². The van der Waals surface area contributed by atoms with Crippen LogP contribution >= 0.6 is 0 Å². The molecule has 0 aromatic heterocycles. The molecule has 6 atom stereocenters. The standard InChI is InChI=1S/C23H26O12/c1-11(24)18(30)19-20(31-12(2)25)21(32-13(3)26)22(33-14(4)27)23(35-19)34-17(29)10-7-15-5-8-16(28)9-6-15/h5-10,18-23,28,30H,1-4H3/b10-7+/t18?,19-,20+,21+,22-,23-/m1/s1. The summed E-state index contributed by atoms with van der Waals surface area (Å²) in [6.07, 6.45) is -7.67. The van der Waals surface area contributed by atoms with E-state index in [9.17, 15) is 34.2 Å². The minimum Gasteiger partial charge on any atom is -0.508 e. The highest BCUT2D eigenvalue weighted by Gasteiger charge is 2.55. The van der Waals surface area contributed by atoms with E-state index in [0.717, 1.165) is 33.8 Å². The Labute approximate surface area is 200 Å². The minimum atomic E-state index is -1.87. The molecule has 1 aromatic rings. The summed E-state index contributed by atoms with van der Waals surface area (Å²) in [6.45, 7) is 4.14. The number of benzene rings is 1. The molecule has 190 valence electrons. The lowest BCUT2D eigenvalue weighted by molar-refractivity contribution is -0.304. The van der Waals surface area contributed by atoms with Gasteiger partial charge in [0.05, 0.1) is 0 Å². The average Bonchev–Trinajstić information content (AvgIpc) is 2.75. The van der Waals surface area contributed by atoms with Crippen molar-refractivity contribution in [2.24, 2.45) is 0 Å². The predicted octanol–water partition coefficient (Wildman–Crippen LogP) is 0.418. The molecule has 1 heterocycles. The van der Waals surface area contributed by atoms with E-state index >= 15 is 0 Å². The van der Waals surface area contributed by atoms with Crippen LogP contribution in [0.4, 0.5) is 0 Å². The maximum absolute atomic E-state index is 12.5. The molecule has 0 aliphatic carbocycles. The van der Waals surface area contributed by atoms with E-state index in [0.29, 0.717) is 5.56 Å². The summed E-state index contributed by atoms with van der Waals surface area (Å²) in [5, 5.41) is 19.7. The van der Waals surface area contributed by atoms with E-state index in [2.05, 4.69) is 0 Å². The van der Waals surface area contributed by atoms with E-state index < -0.39 is 66.5 Å². The highest BCUT2D eigenvalue weighted by atomic mass is 16.7. The van der Waals surface area contributed by atoms with Crippen LogP contribution in [0.3, 0.4) is 0 Å². The molecular formula is C23H26O12. The number of Topliss-reactive ketones (excluding diaryl/α,β-unsaturated/α-hetero) is 1. The summed E-state index contributed by atoms with van der Waals surface area (Å²) in [6, 6.07) is 5.85. The number of hydrogen-bond acceptors (Lipinski definition) is 12. The summed E-state index contributed by atoms with van der Waals surface area (Å²) in [4.78, 5) is 59.6. The number of phenolic OH excluding ortho intramolecular Hbond substituents is 1. The molecular weight excluding hydrogens is 468 g/mol. The zero-order valence-corrected chi connectivity index (χ0v) is 19.4. The lowest BCUT2D eigenvalue weighted by atomic mass is 9.93. The van der Waals surface area contributed by atoms with Gasteiger partial charge in [-0.15, -0.1) is 0 Å². The van der Waals surface area contributed by atoms with Gasteiger partial charge in [0.1, 0.15) is 18.0 Å². The maximum atomic E-state index is 12.5. The van der Waals surface area contributed by atoms with Crippen molar-refractivity contribution in [1.29, 1.82) is 0 Å². The zero-order chi connectivity index (χ0) is 26.3. The van der Waals surface area contributed by atoms with Crippen LogP contribution in [0.25, 0.3) is 6.08 Å².